The van der Waals surface area contributed by atoms with Crippen molar-refractivity contribution < 1.29 is 9.53 Å². The molecule has 0 aromatic carbocycles. The van der Waals surface area contributed by atoms with Crippen LogP contribution in [-0.2, 0) is 9.53 Å². The highest BCUT2D eigenvalue weighted by molar-refractivity contribution is 5.79. The number of carbonyl (C=O) groups excluding carboxylic acids is 1. The molecule has 3 nitrogen and oxygen atoms in total. The Kier molecular flexibility index (Phi) is 3.06. The first kappa shape index (κ1) is 9.97. The van der Waals surface area contributed by atoms with Crippen LogP contribution < -0.4 is 0 Å². The molecule has 0 aromatic heterocycles. The number of rotatable bonds is 2. The number of hydrogen-bond donors (Lipinski definition) is 0. The zero-order valence-corrected chi connectivity index (χ0v) is 8.87. The van der Waals surface area contributed by atoms with Crippen LogP contribution in [0, 0.1) is 5.92 Å². The van der Waals surface area contributed by atoms with E-state index in [9.17, 15) is 4.79 Å². The Labute approximate surface area is 85.4 Å². The van der Waals surface area contributed by atoms with Gasteiger partial charge in [-0.25, -0.2) is 0 Å². The first-order valence-corrected chi connectivity index (χ1v) is 5.63. The summed E-state index contributed by atoms with van der Waals surface area (Å²) in [5.41, 5.74) is 0. The van der Waals surface area contributed by atoms with Crippen molar-refractivity contribution in [3.05, 3.63) is 0 Å². The van der Waals surface area contributed by atoms with E-state index >= 15 is 0 Å². The molecule has 0 bridgehead atoms. The van der Waals surface area contributed by atoms with Crippen LogP contribution in [0.25, 0.3) is 0 Å². The van der Waals surface area contributed by atoms with Gasteiger partial charge in [0.25, 0.3) is 0 Å². The fourth-order valence-corrected chi connectivity index (χ4v) is 2.33. The van der Waals surface area contributed by atoms with E-state index in [1.54, 1.807) is 7.11 Å². The van der Waals surface area contributed by atoms with Gasteiger partial charge in [0.05, 0.1) is 6.10 Å². The van der Waals surface area contributed by atoms with Crippen LogP contribution in [0.4, 0.5) is 0 Å². The van der Waals surface area contributed by atoms with Gasteiger partial charge in [0.1, 0.15) is 0 Å². The molecule has 0 atom stereocenters. The van der Waals surface area contributed by atoms with Gasteiger partial charge in [-0.2, -0.15) is 0 Å². The van der Waals surface area contributed by atoms with Crippen LogP contribution in [0.15, 0.2) is 0 Å². The van der Waals surface area contributed by atoms with Gasteiger partial charge < -0.3 is 9.64 Å². The lowest BCUT2D eigenvalue weighted by Crippen LogP contribution is -2.46. The minimum atomic E-state index is 0.262. The molecule has 1 heterocycles. The number of amides is 1. The van der Waals surface area contributed by atoms with Crippen molar-refractivity contribution in [1.82, 2.24) is 4.90 Å². The number of nitrogens with zero attached hydrogens (tertiary/aromatic N) is 1. The summed E-state index contributed by atoms with van der Waals surface area (Å²) in [6.07, 6.45) is 5.87. The molecule has 80 valence electrons. The van der Waals surface area contributed by atoms with Crippen LogP contribution in [-0.4, -0.2) is 37.1 Å². The monoisotopic (exact) mass is 197 g/mol. The largest absolute Gasteiger partial charge is 0.381 e. The quantitative estimate of drug-likeness (QED) is 0.670. The summed E-state index contributed by atoms with van der Waals surface area (Å²) >= 11 is 0. The topological polar surface area (TPSA) is 29.5 Å². The molecule has 1 amide bonds. The van der Waals surface area contributed by atoms with E-state index in [1.165, 1.54) is 19.3 Å². The predicted molar refractivity (Wildman–Crippen MR) is 54.0 cm³/mol. The number of ether oxygens (including phenoxy) is 1. The summed E-state index contributed by atoms with van der Waals surface area (Å²) < 4.78 is 5.18. The maximum absolute atomic E-state index is 11.9. The van der Waals surface area contributed by atoms with Crippen LogP contribution in [0.1, 0.15) is 32.1 Å². The minimum absolute atomic E-state index is 0.262. The Morgan fingerprint density at radius 1 is 1.21 bits per heavy atom. The van der Waals surface area contributed by atoms with E-state index in [2.05, 4.69) is 0 Å². The molecule has 1 saturated heterocycles. The fourth-order valence-electron chi connectivity index (χ4n) is 2.33. The number of likely N-dealkylation sites (tertiary alicyclic amines) is 1. The molecule has 2 rings (SSSR count). The zero-order chi connectivity index (χ0) is 9.97. The number of piperidine rings is 1. The summed E-state index contributed by atoms with van der Waals surface area (Å²) in [5, 5.41) is 0. The van der Waals surface area contributed by atoms with Crippen molar-refractivity contribution in [2.75, 3.05) is 20.2 Å². The van der Waals surface area contributed by atoms with E-state index < -0.39 is 0 Å². The van der Waals surface area contributed by atoms with Gasteiger partial charge in [0.15, 0.2) is 0 Å². The van der Waals surface area contributed by atoms with E-state index in [-0.39, 0.29) is 5.92 Å². The third-order valence-electron chi connectivity index (χ3n) is 3.45. The molecule has 1 saturated carbocycles. The van der Waals surface area contributed by atoms with Gasteiger partial charge in [-0.15, -0.1) is 0 Å². The molecule has 14 heavy (non-hydrogen) atoms. The van der Waals surface area contributed by atoms with Gasteiger partial charge in [0, 0.05) is 26.1 Å². The van der Waals surface area contributed by atoms with Crippen molar-refractivity contribution in [2.24, 2.45) is 5.92 Å². The number of hydrogen-bond acceptors (Lipinski definition) is 2. The average Bonchev–Trinajstić information content (AvgIpc) is 2.17. The van der Waals surface area contributed by atoms with Gasteiger partial charge in [-0.05, 0) is 32.1 Å². The molecule has 2 aliphatic rings. The van der Waals surface area contributed by atoms with E-state index in [4.69, 9.17) is 4.74 Å². The minimum Gasteiger partial charge on any atom is -0.381 e. The van der Waals surface area contributed by atoms with E-state index in [1.807, 2.05) is 4.90 Å². The standard InChI is InChI=1S/C11H19NO2/c1-14-10-7-9(8-10)11(13)12-5-3-2-4-6-12/h9-10H,2-8H2,1H3. The Morgan fingerprint density at radius 3 is 2.43 bits per heavy atom. The molecule has 0 aromatic rings. The number of methoxy groups -OCH3 is 1. The highest BCUT2D eigenvalue weighted by Crippen LogP contribution is 2.31. The van der Waals surface area contributed by atoms with Crippen molar-refractivity contribution >= 4 is 5.91 Å². The van der Waals surface area contributed by atoms with Crippen LogP contribution in [0.3, 0.4) is 0 Å². The van der Waals surface area contributed by atoms with E-state index in [0.29, 0.717) is 12.0 Å². The molecule has 1 aliphatic heterocycles. The predicted octanol–water partition coefficient (Wildman–Crippen LogP) is 1.42. The Morgan fingerprint density at radius 2 is 1.86 bits per heavy atom. The van der Waals surface area contributed by atoms with E-state index in [0.717, 1.165) is 25.9 Å². The average molecular weight is 197 g/mol. The summed E-state index contributed by atoms with van der Waals surface area (Å²) in [4.78, 5) is 14.0. The second-order valence-electron chi connectivity index (χ2n) is 4.41. The SMILES string of the molecule is COC1CC(C(=O)N2CCCCC2)C1. The summed E-state index contributed by atoms with van der Waals surface area (Å²) in [5.74, 6) is 0.635. The third kappa shape index (κ3) is 1.92. The molecule has 1 aliphatic carbocycles. The Balaban J connectivity index is 1.78. The molecule has 0 N–H and O–H groups in total. The van der Waals surface area contributed by atoms with Crippen molar-refractivity contribution in [3.8, 4) is 0 Å². The first-order valence-electron chi connectivity index (χ1n) is 5.63. The second kappa shape index (κ2) is 4.30. The maximum atomic E-state index is 11.9. The molecule has 2 fully saturated rings. The summed E-state index contributed by atoms with van der Waals surface area (Å²) in [7, 11) is 1.73. The lowest BCUT2D eigenvalue weighted by molar-refractivity contribution is -0.144. The van der Waals surface area contributed by atoms with Crippen molar-refractivity contribution in [1.29, 1.82) is 0 Å². The normalized spacial score (nSPS) is 32.5. The Bertz CT molecular complexity index is 205. The number of carbonyl (C=O) groups is 1. The highest BCUT2D eigenvalue weighted by Gasteiger charge is 2.36. The molecule has 0 spiro atoms. The van der Waals surface area contributed by atoms with Crippen molar-refractivity contribution in [2.45, 2.75) is 38.2 Å². The molecule has 0 radical (unpaired) electrons. The fraction of sp³-hybridized carbons (Fsp3) is 0.909. The maximum Gasteiger partial charge on any atom is 0.225 e. The van der Waals surface area contributed by atoms with Crippen LogP contribution in [0.5, 0.6) is 0 Å². The van der Waals surface area contributed by atoms with Gasteiger partial charge in [-0.3, -0.25) is 4.79 Å². The molecular formula is C11H19NO2. The highest BCUT2D eigenvalue weighted by atomic mass is 16.5. The molecule has 0 unspecified atom stereocenters. The van der Waals surface area contributed by atoms with Gasteiger partial charge >= 0.3 is 0 Å². The second-order valence-corrected chi connectivity index (χ2v) is 4.41. The molecule has 3 heteroatoms. The lowest BCUT2D eigenvalue weighted by atomic mass is 9.81. The zero-order valence-electron chi connectivity index (χ0n) is 8.87. The van der Waals surface area contributed by atoms with Crippen LogP contribution >= 0.6 is 0 Å². The first-order chi connectivity index (χ1) is 6.81. The third-order valence-corrected chi connectivity index (χ3v) is 3.45. The van der Waals surface area contributed by atoms with Crippen LogP contribution in [0.2, 0.25) is 0 Å². The Hall–Kier alpha value is -0.570. The van der Waals surface area contributed by atoms with Crippen molar-refractivity contribution in [3.63, 3.8) is 0 Å². The summed E-state index contributed by atoms with van der Waals surface area (Å²) in [6.45, 7) is 1.96. The smallest absolute Gasteiger partial charge is 0.225 e. The lowest BCUT2D eigenvalue weighted by Gasteiger charge is -2.37. The van der Waals surface area contributed by atoms with Gasteiger partial charge in [-0.1, -0.05) is 0 Å². The summed E-state index contributed by atoms with van der Waals surface area (Å²) in [6, 6.07) is 0. The van der Waals surface area contributed by atoms with Gasteiger partial charge in [0.2, 0.25) is 5.91 Å². The molecular weight excluding hydrogens is 178 g/mol.